The Hall–Kier alpha value is -1.11. The number of sulfone groups is 1. The molecule has 0 spiro atoms. The highest BCUT2D eigenvalue weighted by Gasteiger charge is 2.35. The predicted molar refractivity (Wildman–Crippen MR) is 106 cm³/mol. The molecule has 146 valence electrons. The van der Waals surface area contributed by atoms with Gasteiger partial charge in [0.25, 0.3) is 0 Å². The lowest BCUT2D eigenvalue weighted by Gasteiger charge is -2.36. The number of amides is 1. The fourth-order valence-corrected chi connectivity index (χ4v) is 5.69. The summed E-state index contributed by atoms with van der Waals surface area (Å²) in [6, 6.07) is 8.19. The Morgan fingerprint density at radius 3 is 2.46 bits per heavy atom. The van der Waals surface area contributed by atoms with Crippen molar-refractivity contribution in [3.05, 3.63) is 35.4 Å². The lowest BCUT2D eigenvalue weighted by Crippen LogP contribution is -2.50. The van der Waals surface area contributed by atoms with Gasteiger partial charge in [0.1, 0.15) is 5.75 Å². The number of halogens is 1. The highest BCUT2D eigenvalue weighted by molar-refractivity contribution is 7.92. The van der Waals surface area contributed by atoms with Gasteiger partial charge in [0, 0.05) is 19.6 Å². The van der Waals surface area contributed by atoms with E-state index in [1.807, 2.05) is 0 Å². The van der Waals surface area contributed by atoms with Crippen LogP contribution in [-0.2, 0) is 21.1 Å². The van der Waals surface area contributed by atoms with Gasteiger partial charge >= 0.3 is 0 Å². The van der Waals surface area contributed by atoms with E-state index in [2.05, 4.69) is 36.5 Å². The van der Waals surface area contributed by atoms with Crippen molar-refractivity contribution in [2.45, 2.75) is 50.3 Å². The van der Waals surface area contributed by atoms with Crippen molar-refractivity contribution in [2.24, 2.45) is 0 Å². The number of piperazine rings is 1. The van der Waals surface area contributed by atoms with E-state index in [1.54, 1.807) is 4.90 Å². The molecular formula is C19H29ClN2O3S. The summed E-state index contributed by atoms with van der Waals surface area (Å²) >= 11 is 0. The van der Waals surface area contributed by atoms with E-state index >= 15 is 0 Å². The van der Waals surface area contributed by atoms with Crippen LogP contribution in [0.1, 0.15) is 49.8 Å². The zero-order valence-electron chi connectivity index (χ0n) is 15.3. The van der Waals surface area contributed by atoms with Crippen molar-refractivity contribution in [1.29, 1.82) is 0 Å². The molecule has 2 fully saturated rings. The van der Waals surface area contributed by atoms with E-state index in [1.165, 1.54) is 5.56 Å². The van der Waals surface area contributed by atoms with E-state index < -0.39 is 9.84 Å². The molecule has 1 aromatic carbocycles. The van der Waals surface area contributed by atoms with Crippen LogP contribution in [-0.4, -0.2) is 49.9 Å². The average molecular weight is 401 g/mol. The summed E-state index contributed by atoms with van der Waals surface area (Å²) in [5.74, 6) is -0.598. The molecule has 0 bridgehead atoms. The smallest absolute Gasteiger partial charge is 0.238 e. The Morgan fingerprint density at radius 1 is 1.19 bits per heavy atom. The van der Waals surface area contributed by atoms with Crippen LogP contribution in [0.25, 0.3) is 0 Å². The zero-order chi connectivity index (χ0) is 17.9. The topological polar surface area (TPSA) is 66.5 Å². The average Bonchev–Trinajstić information content (AvgIpc) is 3.17. The van der Waals surface area contributed by atoms with Crippen molar-refractivity contribution in [1.82, 2.24) is 10.2 Å². The first-order valence-corrected chi connectivity index (χ1v) is 11.0. The summed E-state index contributed by atoms with van der Waals surface area (Å²) in [4.78, 5) is 14.6. The summed E-state index contributed by atoms with van der Waals surface area (Å²) < 4.78 is 25.1. The van der Waals surface area contributed by atoms with Gasteiger partial charge < -0.3 is 10.2 Å². The molecule has 7 heteroatoms. The molecule has 1 heterocycles. The van der Waals surface area contributed by atoms with Gasteiger partial charge in [0.05, 0.1) is 11.3 Å². The van der Waals surface area contributed by atoms with Gasteiger partial charge in [-0.3, -0.25) is 4.79 Å². The first kappa shape index (κ1) is 21.2. The number of rotatable bonds is 5. The normalized spacial score (nSPS) is 21.4. The second kappa shape index (κ2) is 9.20. The Bertz CT molecular complexity index is 700. The second-order valence-corrected chi connectivity index (χ2v) is 9.40. The van der Waals surface area contributed by atoms with Crippen molar-refractivity contribution < 1.29 is 13.2 Å². The van der Waals surface area contributed by atoms with Crippen molar-refractivity contribution in [2.75, 3.05) is 25.4 Å². The Kier molecular flexibility index (Phi) is 7.50. The SMILES string of the molecule is CCc1ccc(C2CNCCN2C(=O)CS(=O)(=O)C2CCCC2)cc1.Cl. The number of nitrogens with one attached hydrogen (secondary N) is 1. The summed E-state index contributed by atoms with van der Waals surface area (Å²) in [5.41, 5.74) is 2.32. The van der Waals surface area contributed by atoms with Gasteiger partial charge in [-0.05, 0) is 30.4 Å². The molecule has 2 aliphatic rings. The standard InChI is InChI=1S/C19H28N2O3S.ClH/c1-2-15-7-9-16(10-8-15)18-13-20-11-12-21(18)19(22)14-25(23,24)17-5-3-4-6-17;/h7-10,17-18,20H,2-6,11-14H2,1H3;1H. The third-order valence-corrected chi connectivity index (χ3v) is 7.61. The third kappa shape index (κ3) is 4.78. The highest BCUT2D eigenvalue weighted by atomic mass is 35.5. The van der Waals surface area contributed by atoms with Crippen LogP contribution in [0.4, 0.5) is 0 Å². The number of hydrogen-bond acceptors (Lipinski definition) is 4. The minimum absolute atomic E-state index is 0. The van der Waals surface area contributed by atoms with Crippen LogP contribution in [0.2, 0.25) is 0 Å². The van der Waals surface area contributed by atoms with E-state index in [0.29, 0.717) is 32.5 Å². The van der Waals surface area contributed by atoms with Gasteiger partial charge in [-0.15, -0.1) is 12.4 Å². The van der Waals surface area contributed by atoms with Crippen LogP contribution >= 0.6 is 12.4 Å². The van der Waals surface area contributed by atoms with E-state index in [0.717, 1.165) is 24.8 Å². The minimum Gasteiger partial charge on any atom is -0.332 e. The van der Waals surface area contributed by atoms with E-state index in [-0.39, 0.29) is 35.4 Å². The van der Waals surface area contributed by atoms with Crippen LogP contribution in [0.3, 0.4) is 0 Å². The van der Waals surface area contributed by atoms with Gasteiger partial charge in [0.2, 0.25) is 5.91 Å². The molecule has 1 unspecified atom stereocenters. The lowest BCUT2D eigenvalue weighted by molar-refractivity contribution is -0.131. The molecule has 26 heavy (non-hydrogen) atoms. The molecule has 3 rings (SSSR count). The third-order valence-electron chi connectivity index (χ3n) is 5.47. The van der Waals surface area contributed by atoms with E-state index in [9.17, 15) is 13.2 Å². The van der Waals surface area contributed by atoms with Gasteiger partial charge in [-0.25, -0.2) is 8.42 Å². The molecule has 1 N–H and O–H groups in total. The summed E-state index contributed by atoms with van der Waals surface area (Å²) in [6.07, 6.45) is 4.31. The minimum atomic E-state index is -3.34. The Morgan fingerprint density at radius 2 is 1.85 bits per heavy atom. The van der Waals surface area contributed by atoms with Crippen LogP contribution < -0.4 is 5.32 Å². The monoisotopic (exact) mass is 400 g/mol. The first-order chi connectivity index (χ1) is 12.0. The summed E-state index contributed by atoms with van der Waals surface area (Å²) in [6.45, 7) is 4.04. The molecule has 0 radical (unpaired) electrons. The first-order valence-electron chi connectivity index (χ1n) is 9.32. The van der Waals surface area contributed by atoms with Crippen LogP contribution in [0.5, 0.6) is 0 Å². The van der Waals surface area contributed by atoms with Crippen molar-refractivity contribution >= 4 is 28.2 Å². The Labute approximate surface area is 162 Å². The number of carbonyl (C=O) groups excluding carboxylic acids is 1. The summed E-state index contributed by atoms with van der Waals surface area (Å²) in [7, 11) is -3.34. The van der Waals surface area contributed by atoms with Gasteiger partial charge in [-0.2, -0.15) is 0 Å². The zero-order valence-corrected chi connectivity index (χ0v) is 16.9. The molecule has 1 aliphatic carbocycles. The quantitative estimate of drug-likeness (QED) is 0.824. The fourth-order valence-electron chi connectivity index (χ4n) is 3.90. The maximum atomic E-state index is 12.8. The molecule has 0 aromatic heterocycles. The summed E-state index contributed by atoms with van der Waals surface area (Å²) in [5, 5.41) is 3.00. The Balaban J connectivity index is 0.00000243. The van der Waals surface area contributed by atoms with Crippen molar-refractivity contribution in [3.63, 3.8) is 0 Å². The number of carbonyl (C=O) groups is 1. The molecule has 1 saturated carbocycles. The highest BCUT2D eigenvalue weighted by Crippen LogP contribution is 2.27. The van der Waals surface area contributed by atoms with Crippen LogP contribution in [0.15, 0.2) is 24.3 Å². The largest absolute Gasteiger partial charge is 0.332 e. The molecule has 1 atom stereocenters. The second-order valence-electron chi connectivity index (χ2n) is 7.12. The number of aryl methyl sites for hydroxylation is 1. The molecule has 1 saturated heterocycles. The molecule has 1 aliphatic heterocycles. The number of hydrogen-bond donors (Lipinski definition) is 1. The van der Waals surface area contributed by atoms with E-state index in [4.69, 9.17) is 0 Å². The molecule has 5 nitrogen and oxygen atoms in total. The van der Waals surface area contributed by atoms with Crippen LogP contribution in [0, 0.1) is 0 Å². The molecule has 1 aromatic rings. The lowest BCUT2D eigenvalue weighted by atomic mass is 10.0. The van der Waals surface area contributed by atoms with Crippen molar-refractivity contribution in [3.8, 4) is 0 Å². The fraction of sp³-hybridized carbons (Fsp3) is 0.632. The number of benzene rings is 1. The predicted octanol–water partition coefficient (Wildman–Crippen LogP) is 2.50. The van der Waals surface area contributed by atoms with Gasteiger partial charge in [-0.1, -0.05) is 44.0 Å². The number of nitrogens with zero attached hydrogens (tertiary/aromatic N) is 1. The maximum absolute atomic E-state index is 12.8. The van der Waals surface area contributed by atoms with Gasteiger partial charge in [0.15, 0.2) is 9.84 Å². The molecule has 1 amide bonds. The molecular weight excluding hydrogens is 372 g/mol. The maximum Gasteiger partial charge on any atom is 0.238 e.